The minimum absolute atomic E-state index is 0.0668. The highest BCUT2D eigenvalue weighted by Crippen LogP contribution is 2.26. The van der Waals surface area contributed by atoms with Gasteiger partial charge in [-0.3, -0.25) is 0 Å². The van der Waals surface area contributed by atoms with Crippen molar-refractivity contribution in [3.8, 4) is 5.69 Å². The van der Waals surface area contributed by atoms with E-state index in [9.17, 15) is 9.90 Å². The molecule has 2 rings (SSSR count). The fourth-order valence-electron chi connectivity index (χ4n) is 2.60. The summed E-state index contributed by atoms with van der Waals surface area (Å²) in [6, 6.07) is 7.94. The molecule has 118 valence electrons. The van der Waals surface area contributed by atoms with Crippen LogP contribution in [0.3, 0.4) is 0 Å². The molecule has 22 heavy (non-hydrogen) atoms. The molecule has 0 saturated carbocycles. The first-order chi connectivity index (χ1) is 10.1. The molecule has 0 radical (unpaired) electrons. The smallest absolute Gasteiger partial charge is 0.354 e. The number of benzene rings is 1. The van der Waals surface area contributed by atoms with Gasteiger partial charge in [0, 0.05) is 5.56 Å². The molecular formula is C18H24N2O2. The van der Waals surface area contributed by atoms with Crippen molar-refractivity contribution in [3.63, 3.8) is 0 Å². The lowest BCUT2D eigenvalue weighted by Crippen LogP contribution is -2.12. The summed E-state index contributed by atoms with van der Waals surface area (Å²) in [7, 11) is 0. The van der Waals surface area contributed by atoms with E-state index in [1.807, 2.05) is 45.0 Å². The van der Waals surface area contributed by atoms with Crippen LogP contribution in [0.2, 0.25) is 0 Å². The Morgan fingerprint density at radius 2 is 1.73 bits per heavy atom. The zero-order chi connectivity index (χ0) is 16.7. The second-order valence-electron chi connectivity index (χ2n) is 7.03. The van der Waals surface area contributed by atoms with Gasteiger partial charge in [-0.15, -0.1) is 0 Å². The second-order valence-corrected chi connectivity index (χ2v) is 7.03. The Hall–Kier alpha value is -2.10. The molecule has 0 aliphatic heterocycles. The summed E-state index contributed by atoms with van der Waals surface area (Å²) >= 11 is 0. The summed E-state index contributed by atoms with van der Waals surface area (Å²) < 4.78 is 1.54. The van der Waals surface area contributed by atoms with Gasteiger partial charge in [0.05, 0.1) is 11.4 Å². The molecule has 0 fully saturated rings. The molecule has 0 unspecified atom stereocenters. The maximum absolute atomic E-state index is 11.6. The molecular weight excluding hydrogens is 276 g/mol. The molecule has 1 heterocycles. The van der Waals surface area contributed by atoms with Crippen LogP contribution in [0.5, 0.6) is 0 Å². The topological polar surface area (TPSA) is 55.1 Å². The Kier molecular flexibility index (Phi) is 4.14. The van der Waals surface area contributed by atoms with Crippen molar-refractivity contribution in [3.05, 3.63) is 46.8 Å². The van der Waals surface area contributed by atoms with E-state index in [4.69, 9.17) is 0 Å². The predicted molar refractivity (Wildman–Crippen MR) is 88.0 cm³/mol. The van der Waals surface area contributed by atoms with Gasteiger partial charge < -0.3 is 5.11 Å². The first kappa shape index (κ1) is 16.3. The van der Waals surface area contributed by atoms with Gasteiger partial charge in [-0.25, -0.2) is 9.48 Å². The Labute approximate surface area is 131 Å². The quantitative estimate of drug-likeness (QED) is 0.919. The Morgan fingerprint density at radius 3 is 2.14 bits per heavy atom. The van der Waals surface area contributed by atoms with E-state index in [2.05, 4.69) is 25.9 Å². The molecule has 1 aromatic carbocycles. The highest BCUT2D eigenvalue weighted by Gasteiger charge is 2.23. The number of rotatable bonds is 3. The average Bonchev–Trinajstić information content (AvgIpc) is 2.75. The third-order valence-electron chi connectivity index (χ3n) is 3.89. The number of hydrogen-bond acceptors (Lipinski definition) is 2. The SMILES string of the molecule is Cc1c(C(C)C)nn(-c2ccc(C(C)(C)C)cc2)c1C(=O)O. The lowest BCUT2D eigenvalue weighted by Gasteiger charge is -2.19. The van der Waals surface area contributed by atoms with Gasteiger partial charge >= 0.3 is 5.97 Å². The number of carboxylic acids is 1. The molecule has 4 nitrogen and oxygen atoms in total. The molecule has 0 atom stereocenters. The van der Waals surface area contributed by atoms with Gasteiger partial charge in [-0.1, -0.05) is 46.8 Å². The van der Waals surface area contributed by atoms with Crippen LogP contribution in [0, 0.1) is 6.92 Å². The molecule has 1 aromatic heterocycles. The normalized spacial score (nSPS) is 12.0. The molecule has 0 saturated heterocycles. The molecule has 1 N–H and O–H groups in total. The van der Waals surface area contributed by atoms with Crippen molar-refractivity contribution in [2.45, 2.75) is 52.9 Å². The summed E-state index contributed by atoms with van der Waals surface area (Å²) in [5, 5.41) is 14.1. The van der Waals surface area contributed by atoms with Gasteiger partial charge in [-0.2, -0.15) is 5.10 Å². The van der Waals surface area contributed by atoms with Crippen LogP contribution in [-0.2, 0) is 5.41 Å². The van der Waals surface area contributed by atoms with Crippen molar-refractivity contribution < 1.29 is 9.90 Å². The standard InChI is InChI=1S/C18H24N2O2/c1-11(2)15-12(3)16(17(21)22)20(19-15)14-9-7-13(8-10-14)18(4,5)6/h7-11H,1-6H3,(H,21,22). The zero-order valence-electron chi connectivity index (χ0n) is 14.1. The number of carboxylic acid groups (broad SMARTS) is 1. The van der Waals surface area contributed by atoms with E-state index in [1.54, 1.807) is 4.68 Å². The summed E-state index contributed by atoms with van der Waals surface area (Å²) in [5.74, 6) is -0.759. The fourth-order valence-corrected chi connectivity index (χ4v) is 2.60. The molecule has 0 aliphatic rings. The first-order valence-electron chi connectivity index (χ1n) is 7.56. The van der Waals surface area contributed by atoms with Gasteiger partial charge in [0.15, 0.2) is 5.69 Å². The molecule has 2 aromatic rings. The molecule has 0 aliphatic carbocycles. The van der Waals surface area contributed by atoms with Crippen LogP contribution in [0.25, 0.3) is 5.69 Å². The van der Waals surface area contributed by atoms with Crippen molar-refractivity contribution in [2.75, 3.05) is 0 Å². The zero-order valence-corrected chi connectivity index (χ0v) is 14.1. The minimum Gasteiger partial charge on any atom is -0.477 e. The lowest BCUT2D eigenvalue weighted by molar-refractivity contribution is 0.0686. The maximum atomic E-state index is 11.6. The van der Waals surface area contributed by atoms with Crippen molar-refractivity contribution in [2.24, 2.45) is 0 Å². The van der Waals surface area contributed by atoms with Crippen LogP contribution >= 0.6 is 0 Å². The summed E-state index contributed by atoms with van der Waals surface area (Å²) in [6.45, 7) is 12.3. The van der Waals surface area contributed by atoms with Crippen LogP contribution in [0.4, 0.5) is 0 Å². The Morgan fingerprint density at radius 1 is 1.18 bits per heavy atom. The van der Waals surface area contributed by atoms with Gasteiger partial charge in [0.1, 0.15) is 0 Å². The summed E-state index contributed by atoms with van der Waals surface area (Å²) in [6.07, 6.45) is 0. The average molecular weight is 300 g/mol. The van der Waals surface area contributed by atoms with Gasteiger partial charge in [-0.05, 0) is 36.0 Å². The largest absolute Gasteiger partial charge is 0.477 e. The van der Waals surface area contributed by atoms with E-state index in [0.29, 0.717) is 0 Å². The van der Waals surface area contributed by atoms with Crippen molar-refractivity contribution >= 4 is 5.97 Å². The number of carbonyl (C=O) groups is 1. The monoisotopic (exact) mass is 300 g/mol. The van der Waals surface area contributed by atoms with Crippen LogP contribution < -0.4 is 0 Å². The molecule has 0 spiro atoms. The van der Waals surface area contributed by atoms with Crippen molar-refractivity contribution in [1.29, 1.82) is 0 Å². The van der Waals surface area contributed by atoms with E-state index in [-0.39, 0.29) is 17.0 Å². The predicted octanol–water partition coefficient (Wildman–Crippen LogP) is 4.30. The lowest BCUT2D eigenvalue weighted by atomic mass is 9.87. The van der Waals surface area contributed by atoms with Crippen LogP contribution in [0.15, 0.2) is 24.3 Å². The third kappa shape index (κ3) is 2.91. The fraction of sp³-hybridized carbons (Fsp3) is 0.444. The van der Waals surface area contributed by atoms with Gasteiger partial charge in [0.2, 0.25) is 0 Å². The van der Waals surface area contributed by atoms with Crippen LogP contribution in [-0.4, -0.2) is 20.9 Å². The summed E-state index contributed by atoms with van der Waals surface area (Å²) in [5.41, 5.74) is 3.87. The summed E-state index contributed by atoms with van der Waals surface area (Å²) in [4.78, 5) is 11.6. The van der Waals surface area contributed by atoms with E-state index in [0.717, 1.165) is 16.9 Å². The highest BCUT2D eigenvalue weighted by molar-refractivity contribution is 5.88. The maximum Gasteiger partial charge on any atom is 0.354 e. The highest BCUT2D eigenvalue weighted by atomic mass is 16.4. The van der Waals surface area contributed by atoms with E-state index >= 15 is 0 Å². The number of aromatic carboxylic acids is 1. The minimum atomic E-state index is -0.947. The Bertz CT molecular complexity index is 689. The number of hydrogen-bond donors (Lipinski definition) is 1. The van der Waals surface area contributed by atoms with Crippen molar-refractivity contribution in [1.82, 2.24) is 9.78 Å². The molecule has 0 bridgehead atoms. The Balaban J connectivity index is 2.57. The van der Waals surface area contributed by atoms with Crippen LogP contribution in [0.1, 0.15) is 67.8 Å². The molecule has 4 heteroatoms. The van der Waals surface area contributed by atoms with E-state index < -0.39 is 5.97 Å². The molecule has 0 amide bonds. The number of nitrogens with zero attached hydrogens (tertiary/aromatic N) is 2. The number of aromatic nitrogens is 2. The van der Waals surface area contributed by atoms with Gasteiger partial charge in [0.25, 0.3) is 0 Å². The van der Waals surface area contributed by atoms with E-state index in [1.165, 1.54) is 5.56 Å². The second kappa shape index (κ2) is 5.59. The first-order valence-corrected chi connectivity index (χ1v) is 7.56. The third-order valence-corrected chi connectivity index (χ3v) is 3.89.